The molecule has 2 nitrogen and oxygen atoms in total. The zero-order chi connectivity index (χ0) is 11.5. The topological polar surface area (TPSA) is 38.9 Å². The molecule has 0 aromatic carbocycles. The third-order valence-electron chi connectivity index (χ3n) is 2.51. The van der Waals surface area contributed by atoms with E-state index in [9.17, 15) is 0 Å². The SMILES string of the molecule is Cc1cnccc1C(N)Cc1ccc(Br)s1. The molecule has 0 aliphatic carbocycles. The normalized spacial score (nSPS) is 12.7. The third-order valence-corrected chi connectivity index (χ3v) is 4.16. The molecule has 0 fully saturated rings. The van der Waals surface area contributed by atoms with Gasteiger partial charge in [-0.1, -0.05) is 0 Å². The van der Waals surface area contributed by atoms with Gasteiger partial charge >= 0.3 is 0 Å². The summed E-state index contributed by atoms with van der Waals surface area (Å²) >= 11 is 5.20. The fraction of sp³-hybridized carbons (Fsp3) is 0.250. The highest BCUT2D eigenvalue weighted by Crippen LogP contribution is 2.26. The summed E-state index contributed by atoms with van der Waals surface area (Å²) in [6.07, 6.45) is 4.53. The fourth-order valence-electron chi connectivity index (χ4n) is 1.69. The molecule has 0 radical (unpaired) electrons. The van der Waals surface area contributed by atoms with Crippen molar-refractivity contribution in [3.05, 3.63) is 50.4 Å². The van der Waals surface area contributed by atoms with Gasteiger partial charge in [-0.05, 0) is 52.2 Å². The number of halogens is 1. The van der Waals surface area contributed by atoms with Crippen LogP contribution in [0.1, 0.15) is 22.0 Å². The minimum atomic E-state index is 0.0496. The number of hydrogen-bond donors (Lipinski definition) is 1. The molecule has 16 heavy (non-hydrogen) atoms. The Bertz CT molecular complexity index is 481. The molecule has 2 aromatic heterocycles. The van der Waals surface area contributed by atoms with Crippen LogP contribution in [-0.2, 0) is 6.42 Å². The second-order valence-corrected chi connectivity index (χ2v) is 6.30. The molecule has 2 aromatic rings. The second kappa shape index (κ2) is 5.08. The van der Waals surface area contributed by atoms with Gasteiger partial charge in [0.05, 0.1) is 3.79 Å². The number of rotatable bonds is 3. The molecule has 0 spiro atoms. The number of hydrogen-bond acceptors (Lipinski definition) is 3. The van der Waals surface area contributed by atoms with Crippen molar-refractivity contribution in [2.75, 3.05) is 0 Å². The molecule has 2 rings (SSSR count). The van der Waals surface area contributed by atoms with Crippen LogP contribution < -0.4 is 5.73 Å². The van der Waals surface area contributed by atoms with Crippen molar-refractivity contribution in [2.24, 2.45) is 5.73 Å². The largest absolute Gasteiger partial charge is 0.324 e. The van der Waals surface area contributed by atoms with E-state index in [1.807, 2.05) is 19.2 Å². The van der Waals surface area contributed by atoms with Crippen LogP contribution in [-0.4, -0.2) is 4.98 Å². The van der Waals surface area contributed by atoms with Crippen LogP contribution >= 0.6 is 27.3 Å². The standard InChI is InChI=1S/C12H13BrN2S/c1-8-7-15-5-4-10(8)11(14)6-9-2-3-12(13)16-9/h2-5,7,11H,6,14H2,1H3. The maximum Gasteiger partial charge on any atom is 0.0701 e. The molecule has 4 heteroatoms. The molecule has 1 unspecified atom stereocenters. The molecule has 0 saturated heterocycles. The molecule has 2 N–H and O–H groups in total. The summed E-state index contributed by atoms with van der Waals surface area (Å²) in [5.41, 5.74) is 8.54. The molecular formula is C12H13BrN2S. The van der Waals surface area contributed by atoms with E-state index in [1.54, 1.807) is 17.5 Å². The van der Waals surface area contributed by atoms with E-state index in [0.29, 0.717) is 0 Å². The maximum atomic E-state index is 6.20. The summed E-state index contributed by atoms with van der Waals surface area (Å²) in [5, 5.41) is 0. The summed E-state index contributed by atoms with van der Waals surface area (Å²) in [5.74, 6) is 0. The van der Waals surface area contributed by atoms with Crippen LogP contribution in [0.3, 0.4) is 0 Å². The first-order valence-corrected chi connectivity index (χ1v) is 6.68. The Balaban J connectivity index is 2.14. The number of aryl methyl sites for hydroxylation is 1. The Kier molecular flexibility index (Phi) is 3.74. The number of thiophene rings is 1. The van der Waals surface area contributed by atoms with Crippen molar-refractivity contribution in [1.82, 2.24) is 4.98 Å². The van der Waals surface area contributed by atoms with Crippen LogP contribution in [0.5, 0.6) is 0 Å². The van der Waals surface area contributed by atoms with E-state index in [1.165, 1.54) is 10.4 Å². The Labute approximate surface area is 108 Å². The second-order valence-electron chi connectivity index (χ2n) is 3.75. The molecule has 0 bridgehead atoms. The van der Waals surface area contributed by atoms with E-state index in [0.717, 1.165) is 15.8 Å². The highest BCUT2D eigenvalue weighted by Gasteiger charge is 2.10. The number of nitrogens with two attached hydrogens (primary N) is 1. The number of nitrogens with zero attached hydrogens (tertiary/aromatic N) is 1. The van der Waals surface area contributed by atoms with Gasteiger partial charge in [-0.25, -0.2) is 0 Å². The Morgan fingerprint density at radius 1 is 1.44 bits per heavy atom. The lowest BCUT2D eigenvalue weighted by atomic mass is 10.0. The average molecular weight is 297 g/mol. The van der Waals surface area contributed by atoms with Gasteiger partial charge < -0.3 is 5.73 Å². The Morgan fingerprint density at radius 3 is 2.88 bits per heavy atom. The van der Waals surface area contributed by atoms with Crippen molar-refractivity contribution in [2.45, 2.75) is 19.4 Å². The van der Waals surface area contributed by atoms with E-state index in [4.69, 9.17) is 5.73 Å². The van der Waals surface area contributed by atoms with Crippen molar-refractivity contribution >= 4 is 27.3 Å². The summed E-state index contributed by atoms with van der Waals surface area (Å²) in [7, 11) is 0. The fourth-order valence-corrected chi connectivity index (χ4v) is 3.23. The molecule has 0 amide bonds. The molecule has 2 heterocycles. The summed E-state index contributed by atoms with van der Waals surface area (Å²) in [6, 6.07) is 6.23. The van der Waals surface area contributed by atoms with Gasteiger partial charge in [-0.2, -0.15) is 0 Å². The van der Waals surface area contributed by atoms with Crippen LogP contribution in [0.15, 0.2) is 34.4 Å². The predicted octanol–water partition coefficient (Wildman–Crippen LogP) is 3.46. The average Bonchev–Trinajstić information content (AvgIpc) is 2.64. The third kappa shape index (κ3) is 2.70. The highest BCUT2D eigenvalue weighted by atomic mass is 79.9. The van der Waals surface area contributed by atoms with Crippen LogP contribution in [0.25, 0.3) is 0 Å². The lowest BCUT2D eigenvalue weighted by Gasteiger charge is -2.12. The molecule has 1 atom stereocenters. The Morgan fingerprint density at radius 2 is 2.25 bits per heavy atom. The minimum absolute atomic E-state index is 0.0496. The predicted molar refractivity (Wildman–Crippen MR) is 71.6 cm³/mol. The van der Waals surface area contributed by atoms with E-state index in [-0.39, 0.29) is 6.04 Å². The van der Waals surface area contributed by atoms with Gasteiger partial charge in [0.25, 0.3) is 0 Å². The Hall–Kier alpha value is -0.710. The monoisotopic (exact) mass is 296 g/mol. The van der Waals surface area contributed by atoms with Crippen molar-refractivity contribution in [3.63, 3.8) is 0 Å². The van der Waals surface area contributed by atoms with Gasteiger partial charge in [-0.3, -0.25) is 4.98 Å². The number of aromatic nitrogens is 1. The zero-order valence-electron chi connectivity index (χ0n) is 8.98. The van der Waals surface area contributed by atoms with Crippen molar-refractivity contribution in [3.8, 4) is 0 Å². The van der Waals surface area contributed by atoms with E-state index >= 15 is 0 Å². The lowest BCUT2D eigenvalue weighted by molar-refractivity contribution is 0.722. The lowest BCUT2D eigenvalue weighted by Crippen LogP contribution is -2.14. The zero-order valence-corrected chi connectivity index (χ0v) is 11.4. The van der Waals surface area contributed by atoms with Gasteiger partial charge in [0.1, 0.15) is 0 Å². The van der Waals surface area contributed by atoms with E-state index in [2.05, 4.69) is 33.0 Å². The first-order chi connectivity index (χ1) is 7.66. The molecule has 0 saturated carbocycles. The quantitative estimate of drug-likeness (QED) is 0.942. The van der Waals surface area contributed by atoms with E-state index < -0.39 is 0 Å². The minimum Gasteiger partial charge on any atom is -0.324 e. The van der Waals surface area contributed by atoms with Crippen LogP contribution in [0.4, 0.5) is 0 Å². The molecule has 84 valence electrons. The molecular weight excluding hydrogens is 284 g/mol. The number of pyridine rings is 1. The summed E-state index contributed by atoms with van der Waals surface area (Å²) < 4.78 is 1.15. The van der Waals surface area contributed by atoms with Crippen LogP contribution in [0, 0.1) is 6.92 Å². The van der Waals surface area contributed by atoms with Crippen molar-refractivity contribution in [1.29, 1.82) is 0 Å². The maximum absolute atomic E-state index is 6.20. The van der Waals surface area contributed by atoms with Gasteiger partial charge in [-0.15, -0.1) is 11.3 Å². The smallest absolute Gasteiger partial charge is 0.0701 e. The molecule has 0 aliphatic rings. The summed E-state index contributed by atoms with van der Waals surface area (Å²) in [4.78, 5) is 5.38. The van der Waals surface area contributed by atoms with Gasteiger partial charge in [0.2, 0.25) is 0 Å². The summed E-state index contributed by atoms with van der Waals surface area (Å²) in [6.45, 7) is 2.05. The van der Waals surface area contributed by atoms with Gasteiger partial charge in [0, 0.05) is 29.7 Å². The highest BCUT2D eigenvalue weighted by molar-refractivity contribution is 9.11. The first kappa shape index (κ1) is 11.8. The van der Waals surface area contributed by atoms with Crippen molar-refractivity contribution < 1.29 is 0 Å². The first-order valence-electron chi connectivity index (χ1n) is 5.07. The van der Waals surface area contributed by atoms with Gasteiger partial charge in [0.15, 0.2) is 0 Å². The van der Waals surface area contributed by atoms with Crippen LogP contribution in [0.2, 0.25) is 0 Å². The molecule has 0 aliphatic heterocycles.